The normalized spacial score (nSPS) is 12.6. The third-order valence-corrected chi connectivity index (χ3v) is 5.34. The van der Waals surface area contributed by atoms with E-state index in [9.17, 15) is 21.6 Å². The van der Waals surface area contributed by atoms with E-state index in [0.29, 0.717) is 5.56 Å². The summed E-state index contributed by atoms with van der Waals surface area (Å²) in [5.74, 6) is -0.875. The van der Waals surface area contributed by atoms with Gasteiger partial charge >= 0.3 is 6.18 Å². The maximum atomic E-state index is 13.1. The van der Waals surface area contributed by atoms with E-state index >= 15 is 0 Å². The van der Waals surface area contributed by atoms with Crippen molar-refractivity contribution >= 4 is 21.7 Å². The first-order valence-electron chi connectivity index (χ1n) is 6.61. The van der Waals surface area contributed by atoms with Crippen LogP contribution in [0, 0.1) is 0 Å². The van der Waals surface area contributed by atoms with Crippen LogP contribution in [-0.4, -0.2) is 19.9 Å². The zero-order valence-electron chi connectivity index (χ0n) is 12.3. The molecule has 0 amide bonds. The van der Waals surface area contributed by atoms with Gasteiger partial charge in [0.2, 0.25) is 0 Å². The first kappa shape index (κ1) is 17.9. The number of aromatic nitrogens is 1. The van der Waals surface area contributed by atoms with Gasteiger partial charge in [0, 0.05) is 11.1 Å². The van der Waals surface area contributed by atoms with Crippen molar-refractivity contribution in [1.29, 1.82) is 0 Å². The maximum Gasteiger partial charge on any atom is 0.427 e. The molecule has 2 aromatic rings. The highest BCUT2D eigenvalue weighted by Crippen LogP contribution is 2.40. The second-order valence-electron chi connectivity index (χ2n) is 4.76. The van der Waals surface area contributed by atoms with Crippen LogP contribution in [0.5, 0.6) is 0 Å². The summed E-state index contributed by atoms with van der Waals surface area (Å²) in [6.45, 7) is 1.95. The molecule has 2 rings (SSSR count). The number of benzene rings is 1. The SMILES string of the molecule is CCc1ccc(-c2nsc(C(F)(F)F)c2CS(=O)(=O)OC)cc1. The minimum Gasteiger partial charge on any atom is -0.273 e. The van der Waals surface area contributed by atoms with E-state index in [1.165, 1.54) is 0 Å². The molecule has 0 saturated carbocycles. The van der Waals surface area contributed by atoms with Crippen molar-refractivity contribution in [3.05, 3.63) is 40.3 Å². The first-order valence-corrected chi connectivity index (χ1v) is 8.96. The smallest absolute Gasteiger partial charge is 0.273 e. The summed E-state index contributed by atoms with van der Waals surface area (Å²) in [7, 11) is -3.19. The molecule has 0 N–H and O–H groups in total. The zero-order chi connectivity index (χ0) is 17.3. The summed E-state index contributed by atoms with van der Waals surface area (Å²) in [5.41, 5.74) is 1.10. The van der Waals surface area contributed by atoms with Crippen LogP contribution in [0.25, 0.3) is 11.3 Å². The summed E-state index contributed by atoms with van der Waals surface area (Å²) in [4.78, 5) is -1.02. The molecule has 0 aliphatic rings. The Morgan fingerprint density at radius 1 is 1.22 bits per heavy atom. The van der Waals surface area contributed by atoms with Gasteiger partial charge in [-0.1, -0.05) is 31.2 Å². The molecule has 1 heterocycles. The Balaban J connectivity index is 2.57. The van der Waals surface area contributed by atoms with Crippen LogP contribution in [0.3, 0.4) is 0 Å². The Morgan fingerprint density at radius 3 is 2.30 bits per heavy atom. The number of aryl methyl sites for hydroxylation is 1. The maximum absolute atomic E-state index is 13.1. The molecule has 0 radical (unpaired) electrons. The molecule has 1 aromatic heterocycles. The fourth-order valence-corrected chi connectivity index (χ4v) is 3.65. The molecule has 1 aromatic carbocycles. The van der Waals surface area contributed by atoms with E-state index in [0.717, 1.165) is 19.1 Å². The molecule has 0 atom stereocenters. The Labute approximate surface area is 136 Å². The highest BCUT2D eigenvalue weighted by molar-refractivity contribution is 7.85. The lowest BCUT2D eigenvalue weighted by molar-refractivity contribution is -0.134. The molecule has 9 heteroatoms. The predicted molar refractivity (Wildman–Crippen MR) is 81.6 cm³/mol. The van der Waals surface area contributed by atoms with Crippen molar-refractivity contribution in [3.63, 3.8) is 0 Å². The quantitative estimate of drug-likeness (QED) is 0.755. The number of alkyl halides is 3. The van der Waals surface area contributed by atoms with E-state index in [-0.39, 0.29) is 22.8 Å². The van der Waals surface area contributed by atoms with E-state index in [1.54, 1.807) is 24.3 Å². The molecule has 0 aliphatic heterocycles. The van der Waals surface area contributed by atoms with E-state index in [1.807, 2.05) is 6.92 Å². The highest BCUT2D eigenvalue weighted by atomic mass is 32.2. The number of hydrogen-bond donors (Lipinski definition) is 0. The van der Waals surface area contributed by atoms with Gasteiger partial charge in [-0.2, -0.15) is 26.0 Å². The summed E-state index contributed by atoms with van der Waals surface area (Å²) in [6, 6.07) is 6.82. The summed E-state index contributed by atoms with van der Waals surface area (Å²) >= 11 is 0.244. The van der Waals surface area contributed by atoms with Gasteiger partial charge in [0.15, 0.2) is 0 Å². The van der Waals surface area contributed by atoms with Crippen molar-refractivity contribution in [2.75, 3.05) is 7.11 Å². The highest BCUT2D eigenvalue weighted by Gasteiger charge is 2.39. The summed E-state index contributed by atoms with van der Waals surface area (Å²) < 4.78 is 70.7. The fourth-order valence-electron chi connectivity index (χ4n) is 2.03. The Morgan fingerprint density at radius 2 is 1.83 bits per heavy atom. The molecule has 126 valence electrons. The number of nitrogens with zero attached hydrogens (tertiary/aromatic N) is 1. The van der Waals surface area contributed by atoms with Crippen molar-refractivity contribution in [3.8, 4) is 11.3 Å². The van der Waals surface area contributed by atoms with Crippen LogP contribution in [0.1, 0.15) is 22.9 Å². The van der Waals surface area contributed by atoms with Gasteiger partial charge in [0.1, 0.15) is 10.6 Å². The van der Waals surface area contributed by atoms with Gasteiger partial charge in [0.25, 0.3) is 10.1 Å². The second kappa shape index (κ2) is 6.58. The lowest BCUT2D eigenvalue weighted by Gasteiger charge is -2.09. The molecular weight excluding hydrogens is 351 g/mol. The second-order valence-corrected chi connectivity index (χ2v) is 7.27. The Bertz CT molecular complexity index is 781. The van der Waals surface area contributed by atoms with Crippen LogP contribution >= 0.6 is 11.5 Å². The molecule has 0 spiro atoms. The van der Waals surface area contributed by atoms with Crippen LogP contribution in [0.2, 0.25) is 0 Å². The third-order valence-electron chi connectivity index (χ3n) is 3.26. The lowest BCUT2D eigenvalue weighted by Crippen LogP contribution is -2.12. The monoisotopic (exact) mass is 365 g/mol. The Kier molecular flexibility index (Phi) is 5.12. The van der Waals surface area contributed by atoms with Crippen LogP contribution in [0.4, 0.5) is 13.2 Å². The van der Waals surface area contributed by atoms with Gasteiger partial charge in [-0.25, -0.2) is 0 Å². The van der Waals surface area contributed by atoms with E-state index in [2.05, 4.69) is 8.56 Å². The minimum absolute atomic E-state index is 0.0191. The summed E-state index contributed by atoms with van der Waals surface area (Å²) in [6.07, 6.45) is -3.88. The molecule has 0 bridgehead atoms. The van der Waals surface area contributed by atoms with E-state index in [4.69, 9.17) is 0 Å². The molecule has 0 aliphatic carbocycles. The van der Waals surface area contributed by atoms with Gasteiger partial charge in [0.05, 0.1) is 12.8 Å². The van der Waals surface area contributed by atoms with Crippen molar-refractivity contribution in [1.82, 2.24) is 4.37 Å². The zero-order valence-corrected chi connectivity index (χ0v) is 14.0. The molecule has 0 unspecified atom stereocenters. The van der Waals surface area contributed by atoms with Crippen LogP contribution < -0.4 is 0 Å². The van der Waals surface area contributed by atoms with Gasteiger partial charge in [-0.05, 0) is 23.5 Å². The number of rotatable bonds is 5. The van der Waals surface area contributed by atoms with Crippen molar-refractivity contribution < 1.29 is 25.8 Å². The van der Waals surface area contributed by atoms with Gasteiger partial charge in [-0.3, -0.25) is 4.18 Å². The number of hydrogen-bond acceptors (Lipinski definition) is 5. The largest absolute Gasteiger partial charge is 0.427 e. The average Bonchev–Trinajstić information content (AvgIpc) is 2.90. The topological polar surface area (TPSA) is 56.3 Å². The standard InChI is InChI=1S/C14H14F3NO3S2/c1-3-9-4-6-10(7-5-9)12-11(8-23(19,20)21-2)13(22-18-12)14(15,16)17/h4-7H,3,8H2,1-2H3. The minimum atomic E-state index is -4.67. The molecule has 23 heavy (non-hydrogen) atoms. The van der Waals surface area contributed by atoms with Crippen molar-refractivity contribution in [2.45, 2.75) is 25.3 Å². The van der Waals surface area contributed by atoms with Gasteiger partial charge < -0.3 is 0 Å². The predicted octanol–water partition coefficient (Wildman–Crippen LogP) is 3.87. The summed E-state index contributed by atoms with van der Waals surface area (Å²) in [5, 5.41) is 0. The molecule has 0 fully saturated rings. The van der Waals surface area contributed by atoms with E-state index < -0.39 is 26.9 Å². The third kappa shape index (κ3) is 4.10. The number of halogens is 3. The first-order chi connectivity index (χ1) is 10.7. The molecule has 4 nitrogen and oxygen atoms in total. The van der Waals surface area contributed by atoms with Gasteiger partial charge in [-0.15, -0.1) is 0 Å². The fraction of sp³-hybridized carbons (Fsp3) is 0.357. The van der Waals surface area contributed by atoms with Crippen LogP contribution in [-0.2, 0) is 32.7 Å². The Hall–Kier alpha value is -1.45. The molecular formula is C14H14F3NO3S2. The van der Waals surface area contributed by atoms with Crippen LogP contribution in [0.15, 0.2) is 24.3 Å². The average molecular weight is 365 g/mol. The van der Waals surface area contributed by atoms with Crippen molar-refractivity contribution in [2.24, 2.45) is 0 Å². The lowest BCUT2D eigenvalue weighted by atomic mass is 10.0. The molecule has 0 saturated heterocycles.